The van der Waals surface area contributed by atoms with E-state index in [9.17, 15) is 4.79 Å². The van der Waals surface area contributed by atoms with Crippen LogP contribution in [0.5, 0.6) is 0 Å². The molecule has 0 bridgehead atoms. The van der Waals surface area contributed by atoms with Gasteiger partial charge in [-0.2, -0.15) is 5.10 Å². The van der Waals surface area contributed by atoms with Gasteiger partial charge in [0.05, 0.1) is 17.9 Å². The molecule has 0 saturated carbocycles. The molecule has 1 aliphatic rings. The van der Waals surface area contributed by atoms with Gasteiger partial charge in [0.25, 0.3) is 5.91 Å². The number of carbonyl (C=O) groups is 1. The number of pyridine rings is 1. The van der Waals surface area contributed by atoms with Gasteiger partial charge in [0, 0.05) is 17.9 Å². The van der Waals surface area contributed by atoms with Gasteiger partial charge in [-0.25, -0.2) is 4.68 Å². The first-order chi connectivity index (χ1) is 14.2. The van der Waals surface area contributed by atoms with Gasteiger partial charge in [-0.05, 0) is 69.6 Å². The summed E-state index contributed by atoms with van der Waals surface area (Å²) in [5.74, 6) is -0.0275. The highest BCUT2D eigenvalue weighted by Gasteiger charge is 2.28. The normalized spacial score (nSPS) is 16.4. The largest absolute Gasteiger partial charge is 0.328 e. The number of carbonyl (C=O) groups excluding carboxylic acids is 1. The van der Waals surface area contributed by atoms with Gasteiger partial charge in [0.15, 0.2) is 5.69 Å². The minimum Gasteiger partial charge on any atom is -0.328 e. The summed E-state index contributed by atoms with van der Waals surface area (Å²) in [6, 6.07) is 17.8. The predicted octanol–water partition coefficient (Wildman–Crippen LogP) is 3.78. The molecule has 0 spiro atoms. The molecule has 30 heavy (non-hydrogen) atoms. The van der Waals surface area contributed by atoms with Gasteiger partial charge >= 0.3 is 0 Å². The van der Waals surface area contributed by atoms with Gasteiger partial charge in [-0.1, -0.05) is 24.3 Å². The summed E-state index contributed by atoms with van der Waals surface area (Å²) in [4.78, 5) is 20.0. The predicted molar refractivity (Wildman–Crippen MR) is 120 cm³/mol. The van der Waals surface area contributed by atoms with Gasteiger partial charge in [-0.15, -0.1) is 12.4 Å². The van der Waals surface area contributed by atoms with Crippen LogP contribution in [-0.2, 0) is 6.54 Å². The molecular weight excluding hydrogens is 398 g/mol. The van der Waals surface area contributed by atoms with Crippen molar-refractivity contribution in [2.45, 2.75) is 38.8 Å². The summed E-state index contributed by atoms with van der Waals surface area (Å²) in [7, 11) is 0. The molecule has 158 valence electrons. The van der Waals surface area contributed by atoms with E-state index in [0.717, 1.165) is 49.4 Å². The van der Waals surface area contributed by atoms with Crippen LogP contribution in [0.15, 0.2) is 60.8 Å². The van der Waals surface area contributed by atoms with E-state index in [1.165, 1.54) is 0 Å². The lowest BCUT2D eigenvalue weighted by molar-refractivity contribution is 0.0635. The average Bonchev–Trinajstić information content (AvgIpc) is 2.97. The van der Waals surface area contributed by atoms with Crippen LogP contribution in [-0.4, -0.2) is 44.7 Å². The smallest absolute Gasteiger partial charge is 0.274 e. The fraction of sp³-hybridized carbons (Fsp3) is 0.348. The van der Waals surface area contributed by atoms with E-state index in [4.69, 9.17) is 0 Å². The van der Waals surface area contributed by atoms with E-state index in [1.54, 1.807) is 6.20 Å². The zero-order valence-electron chi connectivity index (χ0n) is 17.2. The number of hydrogen-bond acceptors (Lipinski definition) is 4. The summed E-state index contributed by atoms with van der Waals surface area (Å²) >= 11 is 0. The number of amides is 1. The monoisotopic (exact) mass is 425 g/mol. The molecule has 2 aromatic heterocycles. The van der Waals surface area contributed by atoms with Crippen molar-refractivity contribution >= 4 is 18.3 Å². The lowest BCUT2D eigenvalue weighted by atomic mass is 10.1. The van der Waals surface area contributed by atoms with E-state index < -0.39 is 0 Å². The lowest BCUT2D eigenvalue weighted by Gasteiger charge is -2.30. The molecule has 1 aromatic carbocycles. The number of halogens is 1. The van der Waals surface area contributed by atoms with E-state index in [2.05, 4.69) is 15.4 Å². The number of nitrogens with one attached hydrogen (secondary N) is 1. The Morgan fingerprint density at radius 1 is 1.13 bits per heavy atom. The van der Waals surface area contributed by atoms with Crippen LogP contribution in [0.4, 0.5) is 0 Å². The van der Waals surface area contributed by atoms with Crippen molar-refractivity contribution in [2.24, 2.45) is 0 Å². The van der Waals surface area contributed by atoms with Crippen molar-refractivity contribution in [3.63, 3.8) is 0 Å². The first kappa shape index (κ1) is 22.0. The summed E-state index contributed by atoms with van der Waals surface area (Å²) in [5, 5.41) is 8.09. The standard InChI is InChI=1S/C23H27N5O.ClH/c1-18-16-22(26-28(18)21-9-3-2-4-10-21)23(29)27(17-19-8-5-6-14-25-19)20-11-7-13-24-15-12-20;/h2-6,8-10,14,16,20,24H,7,11-13,15,17H2,1H3;1H. The van der Waals surface area contributed by atoms with E-state index in [0.29, 0.717) is 12.2 Å². The molecule has 1 unspecified atom stereocenters. The second-order valence-electron chi connectivity index (χ2n) is 7.51. The van der Waals surface area contributed by atoms with E-state index in [1.807, 2.05) is 71.1 Å². The fourth-order valence-corrected chi connectivity index (χ4v) is 3.90. The Kier molecular flexibility index (Phi) is 7.60. The highest BCUT2D eigenvalue weighted by atomic mass is 35.5. The minimum atomic E-state index is -0.0275. The number of hydrogen-bond donors (Lipinski definition) is 1. The summed E-state index contributed by atoms with van der Waals surface area (Å²) < 4.78 is 1.83. The molecule has 7 heteroatoms. The van der Waals surface area contributed by atoms with Crippen molar-refractivity contribution < 1.29 is 4.79 Å². The summed E-state index contributed by atoms with van der Waals surface area (Å²) in [6.07, 6.45) is 4.77. The molecule has 1 aliphatic heterocycles. The van der Waals surface area contributed by atoms with Crippen molar-refractivity contribution in [1.82, 2.24) is 25.0 Å². The van der Waals surface area contributed by atoms with Crippen LogP contribution in [0.1, 0.15) is 41.1 Å². The Labute approximate surface area is 183 Å². The highest BCUT2D eigenvalue weighted by molar-refractivity contribution is 5.92. The Morgan fingerprint density at radius 3 is 2.70 bits per heavy atom. The van der Waals surface area contributed by atoms with Crippen LogP contribution in [0.2, 0.25) is 0 Å². The topological polar surface area (TPSA) is 63.1 Å². The third-order valence-corrected chi connectivity index (χ3v) is 5.41. The molecule has 6 nitrogen and oxygen atoms in total. The molecule has 4 rings (SSSR count). The fourth-order valence-electron chi connectivity index (χ4n) is 3.90. The maximum atomic E-state index is 13.6. The summed E-state index contributed by atoms with van der Waals surface area (Å²) in [6.45, 7) is 4.41. The second kappa shape index (κ2) is 10.4. The molecule has 1 fully saturated rings. The third-order valence-electron chi connectivity index (χ3n) is 5.41. The zero-order valence-corrected chi connectivity index (χ0v) is 18.0. The molecule has 1 atom stereocenters. The SMILES string of the molecule is Cc1cc(C(=O)N(Cc2ccccn2)C2CCCNCC2)nn1-c1ccccc1.Cl. The van der Waals surface area contributed by atoms with Crippen LogP contribution in [0.3, 0.4) is 0 Å². The van der Waals surface area contributed by atoms with Crippen LogP contribution in [0.25, 0.3) is 5.69 Å². The van der Waals surface area contributed by atoms with Gasteiger partial charge in [0.1, 0.15) is 0 Å². The molecule has 0 radical (unpaired) electrons. The van der Waals surface area contributed by atoms with Gasteiger partial charge < -0.3 is 10.2 Å². The van der Waals surface area contributed by atoms with Crippen molar-refractivity contribution in [2.75, 3.05) is 13.1 Å². The first-order valence-corrected chi connectivity index (χ1v) is 10.3. The number of nitrogens with zero attached hydrogens (tertiary/aromatic N) is 4. The Balaban J connectivity index is 0.00000256. The quantitative estimate of drug-likeness (QED) is 0.675. The Bertz CT molecular complexity index is 937. The van der Waals surface area contributed by atoms with Gasteiger partial charge in [0.2, 0.25) is 0 Å². The third kappa shape index (κ3) is 5.07. The van der Waals surface area contributed by atoms with Crippen molar-refractivity contribution in [1.29, 1.82) is 0 Å². The maximum absolute atomic E-state index is 13.6. The molecule has 1 amide bonds. The number of aromatic nitrogens is 3. The maximum Gasteiger partial charge on any atom is 0.274 e. The molecule has 0 aliphatic carbocycles. The van der Waals surface area contributed by atoms with Crippen molar-refractivity contribution in [3.05, 3.63) is 77.9 Å². The number of benzene rings is 1. The number of rotatable bonds is 5. The Hall–Kier alpha value is -2.70. The molecule has 1 N–H and O–H groups in total. The molecule has 3 aromatic rings. The van der Waals surface area contributed by atoms with E-state index >= 15 is 0 Å². The van der Waals surface area contributed by atoms with Gasteiger partial charge in [-0.3, -0.25) is 9.78 Å². The van der Waals surface area contributed by atoms with E-state index in [-0.39, 0.29) is 24.4 Å². The zero-order chi connectivity index (χ0) is 20.1. The Morgan fingerprint density at radius 2 is 1.93 bits per heavy atom. The molecule has 3 heterocycles. The van der Waals surface area contributed by atoms with Crippen molar-refractivity contribution in [3.8, 4) is 5.69 Å². The second-order valence-corrected chi connectivity index (χ2v) is 7.51. The lowest BCUT2D eigenvalue weighted by Crippen LogP contribution is -2.40. The molecular formula is C23H28ClN5O. The van der Waals surface area contributed by atoms with Crippen LogP contribution in [0, 0.1) is 6.92 Å². The summed E-state index contributed by atoms with van der Waals surface area (Å²) in [5.41, 5.74) is 3.29. The van der Waals surface area contributed by atoms with Crippen LogP contribution < -0.4 is 5.32 Å². The average molecular weight is 426 g/mol. The molecule has 1 saturated heterocycles. The first-order valence-electron chi connectivity index (χ1n) is 10.3. The van der Waals surface area contributed by atoms with Crippen LogP contribution >= 0.6 is 12.4 Å². The highest BCUT2D eigenvalue weighted by Crippen LogP contribution is 2.20. The minimum absolute atomic E-state index is 0. The number of para-hydroxylation sites is 1. The number of aryl methyl sites for hydroxylation is 1.